The molecule has 0 bridgehead atoms. The van der Waals surface area contributed by atoms with Gasteiger partial charge in [-0.3, -0.25) is 9.59 Å². The van der Waals surface area contributed by atoms with E-state index in [0.717, 1.165) is 18.2 Å². The molecule has 0 radical (unpaired) electrons. The van der Waals surface area contributed by atoms with Crippen LogP contribution in [0.4, 0.5) is 0 Å². The molecule has 2 aromatic carbocycles. The van der Waals surface area contributed by atoms with Crippen LogP contribution < -0.4 is 10.6 Å². The number of methoxy groups -OCH3 is 1. The fourth-order valence-electron chi connectivity index (χ4n) is 2.78. The Morgan fingerprint density at radius 1 is 0.833 bits per heavy atom. The number of nitrogens with one attached hydrogen (secondary N) is 2. The first-order valence-corrected chi connectivity index (χ1v) is 9.50. The van der Waals surface area contributed by atoms with Crippen LogP contribution in [-0.2, 0) is 32.0 Å². The molecule has 0 unspecified atom stereocenters. The maximum atomic E-state index is 12.3. The molecular weight excluding hydrogens is 388 g/mol. The van der Waals surface area contributed by atoms with Crippen LogP contribution in [0.3, 0.4) is 0 Å². The Kier molecular flexibility index (Phi) is 8.99. The number of hydrogen-bond acceptors (Lipinski definition) is 6. The molecule has 0 saturated heterocycles. The quantitative estimate of drug-likeness (QED) is 0.405. The number of benzene rings is 2. The Morgan fingerprint density at radius 3 is 1.77 bits per heavy atom. The van der Waals surface area contributed by atoms with Gasteiger partial charge in [-0.1, -0.05) is 60.7 Å². The Hall–Kier alpha value is -3.23. The van der Waals surface area contributed by atoms with Crippen molar-refractivity contribution < 1.29 is 29.3 Å². The van der Waals surface area contributed by atoms with Crippen molar-refractivity contribution in [1.82, 2.24) is 10.6 Å². The zero-order valence-electron chi connectivity index (χ0n) is 16.7. The standard InChI is InChI=1S/C22H26N2O6/c1-30-22(29)17(24-21(28)19(26)13-16-10-6-3-7-11-16)14-23-20(27)18(25)12-15-8-4-2-5-9-15/h2-11,17-19,25-26H,12-14H2,1H3,(H,23,27)(H,24,28)/t17-,18-,19-/m0/s1. The molecule has 2 aromatic rings. The summed E-state index contributed by atoms with van der Waals surface area (Å²) in [5.74, 6) is -2.24. The molecule has 4 N–H and O–H groups in total. The summed E-state index contributed by atoms with van der Waals surface area (Å²) in [4.78, 5) is 36.4. The lowest BCUT2D eigenvalue weighted by molar-refractivity contribution is -0.146. The topological polar surface area (TPSA) is 125 Å². The van der Waals surface area contributed by atoms with Gasteiger partial charge in [-0.2, -0.15) is 0 Å². The van der Waals surface area contributed by atoms with E-state index in [-0.39, 0.29) is 19.4 Å². The molecule has 0 spiro atoms. The van der Waals surface area contributed by atoms with Crippen LogP contribution in [0.5, 0.6) is 0 Å². The van der Waals surface area contributed by atoms with Crippen molar-refractivity contribution in [2.24, 2.45) is 0 Å². The Balaban J connectivity index is 1.89. The minimum atomic E-state index is -1.38. The second-order valence-electron chi connectivity index (χ2n) is 6.74. The molecule has 160 valence electrons. The largest absolute Gasteiger partial charge is 0.467 e. The van der Waals surface area contributed by atoms with E-state index in [1.165, 1.54) is 0 Å². The van der Waals surface area contributed by atoms with E-state index >= 15 is 0 Å². The molecule has 0 aliphatic carbocycles. The molecule has 2 rings (SSSR count). The monoisotopic (exact) mass is 414 g/mol. The molecule has 0 heterocycles. The van der Waals surface area contributed by atoms with Gasteiger partial charge in [0, 0.05) is 19.4 Å². The van der Waals surface area contributed by atoms with E-state index in [9.17, 15) is 24.6 Å². The van der Waals surface area contributed by atoms with E-state index in [2.05, 4.69) is 15.4 Å². The summed E-state index contributed by atoms with van der Waals surface area (Å²) in [6.07, 6.45) is -2.51. The van der Waals surface area contributed by atoms with Crippen molar-refractivity contribution in [3.63, 3.8) is 0 Å². The van der Waals surface area contributed by atoms with Gasteiger partial charge in [-0.05, 0) is 11.1 Å². The number of amides is 2. The summed E-state index contributed by atoms with van der Waals surface area (Å²) in [5.41, 5.74) is 1.54. The molecule has 2 amide bonds. The normalized spacial score (nSPS) is 13.6. The first-order valence-electron chi connectivity index (χ1n) is 9.50. The molecule has 0 fully saturated rings. The molecule has 8 nitrogen and oxygen atoms in total. The fraction of sp³-hybridized carbons (Fsp3) is 0.318. The van der Waals surface area contributed by atoms with Gasteiger partial charge < -0.3 is 25.6 Å². The molecule has 0 aliphatic rings. The van der Waals surface area contributed by atoms with E-state index in [1.807, 2.05) is 12.1 Å². The highest BCUT2D eigenvalue weighted by Gasteiger charge is 2.26. The summed E-state index contributed by atoms with van der Waals surface area (Å²) in [7, 11) is 1.15. The van der Waals surface area contributed by atoms with Crippen molar-refractivity contribution in [3.8, 4) is 0 Å². The highest BCUT2D eigenvalue weighted by Crippen LogP contribution is 2.05. The average molecular weight is 414 g/mol. The van der Waals surface area contributed by atoms with E-state index in [1.54, 1.807) is 48.5 Å². The smallest absolute Gasteiger partial charge is 0.330 e. The molecule has 0 aromatic heterocycles. The number of carbonyl (C=O) groups excluding carboxylic acids is 3. The molecule has 0 saturated carbocycles. The lowest BCUT2D eigenvalue weighted by Crippen LogP contribution is -2.53. The van der Waals surface area contributed by atoms with E-state index in [0.29, 0.717) is 0 Å². The lowest BCUT2D eigenvalue weighted by atomic mass is 10.1. The van der Waals surface area contributed by atoms with E-state index < -0.39 is 36.0 Å². The molecule has 8 heteroatoms. The van der Waals surface area contributed by atoms with Crippen molar-refractivity contribution in [2.75, 3.05) is 13.7 Å². The van der Waals surface area contributed by atoms with Crippen molar-refractivity contribution in [1.29, 1.82) is 0 Å². The van der Waals surface area contributed by atoms with E-state index in [4.69, 9.17) is 0 Å². The highest BCUT2D eigenvalue weighted by molar-refractivity contribution is 5.88. The van der Waals surface area contributed by atoms with Crippen LogP contribution in [0.2, 0.25) is 0 Å². The zero-order chi connectivity index (χ0) is 21.9. The van der Waals surface area contributed by atoms with Crippen molar-refractivity contribution in [3.05, 3.63) is 71.8 Å². The second kappa shape index (κ2) is 11.7. The molecule has 3 atom stereocenters. The van der Waals surface area contributed by atoms with Crippen LogP contribution in [0, 0.1) is 0 Å². The third-order valence-corrected chi connectivity index (χ3v) is 4.43. The second-order valence-corrected chi connectivity index (χ2v) is 6.74. The number of aliphatic hydroxyl groups excluding tert-OH is 2. The molecule has 30 heavy (non-hydrogen) atoms. The number of aliphatic hydroxyl groups is 2. The van der Waals surface area contributed by atoms with Crippen LogP contribution in [0.15, 0.2) is 60.7 Å². The van der Waals surface area contributed by atoms with Gasteiger partial charge in [-0.25, -0.2) is 4.79 Å². The Labute approximate surface area is 174 Å². The summed E-state index contributed by atoms with van der Waals surface area (Å²) in [6.45, 7) is -0.291. The lowest BCUT2D eigenvalue weighted by Gasteiger charge is -2.20. The third kappa shape index (κ3) is 7.31. The van der Waals surface area contributed by atoms with Crippen LogP contribution >= 0.6 is 0 Å². The Bertz CT molecular complexity index is 828. The Morgan fingerprint density at radius 2 is 1.30 bits per heavy atom. The predicted molar refractivity (Wildman–Crippen MR) is 109 cm³/mol. The van der Waals surface area contributed by atoms with Gasteiger partial charge in [0.25, 0.3) is 0 Å². The zero-order valence-corrected chi connectivity index (χ0v) is 16.7. The van der Waals surface area contributed by atoms with Crippen LogP contribution in [-0.4, -0.2) is 59.9 Å². The average Bonchev–Trinajstić information content (AvgIpc) is 2.76. The third-order valence-electron chi connectivity index (χ3n) is 4.43. The number of rotatable bonds is 10. The minimum absolute atomic E-state index is 0.0721. The fourth-order valence-corrected chi connectivity index (χ4v) is 2.78. The minimum Gasteiger partial charge on any atom is -0.467 e. The maximum absolute atomic E-state index is 12.3. The summed E-state index contributed by atoms with van der Waals surface area (Å²) in [5, 5.41) is 25.0. The predicted octanol–water partition coefficient (Wildman–Crippen LogP) is -0.0324. The summed E-state index contributed by atoms with van der Waals surface area (Å²) < 4.78 is 4.65. The summed E-state index contributed by atoms with van der Waals surface area (Å²) in [6, 6.07) is 16.7. The van der Waals surface area contributed by atoms with Crippen LogP contribution in [0.1, 0.15) is 11.1 Å². The van der Waals surface area contributed by atoms with Crippen LogP contribution in [0.25, 0.3) is 0 Å². The van der Waals surface area contributed by atoms with Gasteiger partial charge in [0.2, 0.25) is 11.8 Å². The number of hydrogen-bond donors (Lipinski definition) is 4. The van der Waals surface area contributed by atoms with Gasteiger partial charge >= 0.3 is 5.97 Å². The molecule has 0 aliphatic heterocycles. The first-order chi connectivity index (χ1) is 14.4. The SMILES string of the molecule is COC(=O)[C@H](CNC(=O)[C@@H](O)Cc1ccccc1)NC(=O)[C@@H](O)Cc1ccccc1. The highest BCUT2D eigenvalue weighted by atomic mass is 16.5. The van der Waals surface area contributed by atoms with Gasteiger partial charge in [-0.15, -0.1) is 0 Å². The maximum Gasteiger partial charge on any atom is 0.330 e. The van der Waals surface area contributed by atoms with Crippen molar-refractivity contribution in [2.45, 2.75) is 31.1 Å². The number of carbonyl (C=O) groups is 3. The summed E-state index contributed by atoms with van der Waals surface area (Å²) >= 11 is 0. The van der Waals surface area contributed by atoms with Gasteiger partial charge in [0.05, 0.1) is 7.11 Å². The van der Waals surface area contributed by atoms with Gasteiger partial charge in [0.15, 0.2) is 0 Å². The number of ether oxygens (including phenoxy) is 1. The number of esters is 1. The molecular formula is C22H26N2O6. The van der Waals surface area contributed by atoms with Crippen molar-refractivity contribution >= 4 is 17.8 Å². The first kappa shape index (κ1) is 23.1. The van der Waals surface area contributed by atoms with Gasteiger partial charge in [0.1, 0.15) is 18.2 Å².